The largest absolute Gasteiger partial charge is 0.534 e. The van der Waals surface area contributed by atoms with Crippen LogP contribution >= 0.6 is 0 Å². The number of aromatic nitrogens is 2. The van der Waals surface area contributed by atoms with Gasteiger partial charge in [-0.15, -0.1) is 0 Å². The molecule has 178 valence electrons. The standard InChI is InChI=1S/C10H15F3N2O3S.C9H16N2O/c1-3-5-6-15-9(7-8(4-2)14-15)18-19(16,17)10(11,12)13;1-3-5-6-11-9(12)7-8(4-2)10-11/h7H,3-6H2,1-2H3;3-7H2,1-2H3. The first kappa shape index (κ1) is 26.9. The zero-order valence-electron chi connectivity index (χ0n) is 18.4. The minimum Gasteiger partial charge on any atom is -0.356 e. The van der Waals surface area contributed by atoms with Gasteiger partial charge in [0.1, 0.15) is 0 Å². The number of carbonyl (C=O) groups is 1. The minimum atomic E-state index is -5.65. The van der Waals surface area contributed by atoms with Gasteiger partial charge in [-0.2, -0.15) is 31.8 Å². The number of halogens is 3. The van der Waals surface area contributed by atoms with E-state index in [0.717, 1.165) is 42.6 Å². The molecule has 0 aromatic carbocycles. The number of hydrazone groups is 1. The number of rotatable bonds is 10. The van der Waals surface area contributed by atoms with Crippen LogP contribution in [-0.4, -0.2) is 46.9 Å². The van der Waals surface area contributed by atoms with Gasteiger partial charge in [0.25, 0.3) is 0 Å². The number of carbonyl (C=O) groups excluding carboxylic acids is 1. The van der Waals surface area contributed by atoms with Crippen molar-refractivity contribution in [3.63, 3.8) is 0 Å². The summed E-state index contributed by atoms with van der Waals surface area (Å²) in [5, 5.41) is 9.83. The number of amides is 1. The maximum Gasteiger partial charge on any atom is 0.534 e. The van der Waals surface area contributed by atoms with Crippen LogP contribution < -0.4 is 4.18 Å². The van der Waals surface area contributed by atoms with E-state index >= 15 is 0 Å². The Morgan fingerprint density at radius 1 is 1.06 bits per heavy atom. The zero-order valence-corrected chi connectivity index (χ0v) is 19.2. The van der Waals surface area contributed by atoms with E-state index in [1.807, 2.05) is 13.8 Å². The molecule has 1 amide bonds. The zero-order chi connectivity index (χ0) is 23.7. The highest BCUT2D eigenvalue weighted by Crippen LogP contribution is 2.27. The summed E-state index contributed by atoms with van der Waals surface area (Å²) in [6.45, 7) is 8.91. The van der Waals surface area contributed by atoms with Crippen molar-refractivity contribution in [2.24, 2.45) is 5.10 Å². The molecular weight excluding hydrogens is 437 g/mol. The van der Waals surface area contributed by atoms with E-state index in [0.29, 0.717) is 31.5 Å². The normalized spacial score (nSPS) is 14.4. The maximum absolute atomic E-state index is 12.2. The number of hydrogen-bond donors (Lipinski definition) is 0. The lowest BCUT2D eigenvalue weighted by atomic mass is 10.2. The van der Waals surface area contributed by atoms with Crippen molar-refractivity contribution < 1.29 is 30.6 Å². The summed E-state index contributed by atoms with van der Waals surface area (Å²) in [4.78, 5) is 11.3. The fraction of sp³-hybridized carbons (Fsp3) is 0.737. The quantitative estimate of drug-likeness (QED) is 0.378. The van der Waals surface area contributed by atoms with Crippen LogP contribution in [0.15, 0.2) is 11.2 Å². The molecule has 0 atom stereocenters. The second kappa shape index (κ2) is 12.1. The molecule has 0 spiro atoms. The maximum atomic E-state index is 12.2. The summed E-state index contributed by atoms with van der Waals surface area (Å²) in [6, 6.07) is 1.21. The number of alkyl halides is 3. The molecule has 0 radical (unpaired) electrons. The third-order valence-corrected chi connectivity index (χ3v) is 5.35. The summed E-state index contributed by atoms with van der Waals surface area (Å²) >= 11 is 0. The van der Waals surface area contributed by atoms with E-state index in [1.54, 1.807) is 11.9 Å². The van der Waals surface area contributed by atoms with Gasteiger partial charge in [-0.05, 0) is 25.7 Å². The van der Waals surface area contributed by atoms with Gasteiger partial charge < -0.3 is 4.18 Å². The van der Waals surface area contributed by atoms with E-state index < -0.39 is 21.5 Å². The Hall–Kier alpha value is -2.11. The van der Waals surface area contributed by atoms with Crippen molar-refractivity contribution in [2.75, 3.05) is 6.54 Å². The van der Waals surface area contributed by atoms with Crippen LogP contribution in [0.4, 0.5) is 13.2 Å². The topological polar surface area (TPSA) is 93.9 Å². The van der Waals surface area contributed by atoms with Crippen LogP contribution in [-0.2, 0) is 27.9 Å². The lowest BCUT2D eigenvalue weighted by molar-refractivity contribution is -0.128. The molecular formula is C19H31F3N4O4S. The number of unbranched alkanes of at least 4 members (excludes halogenated alkanes) is 2. The highest BCUT2D eigenvalue weighted by Gasteiger charge is 2.49. The molecule has 0 bridgehead atoms. The molecule has 0 fully saturated rings. The fourth-order valence-electron chi connectivity index (χ4n) is 2.52. The van der Waals surface area contributed by atoms with Gasteiger partial charge >= 0.3 is 15.6 Å². The van der Waals surface area contributed by atoms with Crippen LogP contribution in [0, 0.1) is 0 Å². The van der Waals surface area contributed by atoms with Crippen LogP contribution in [0.3, 0.4) is 0 Å². The molecule has 31 heavy (non-hydrogen) atoms. The monoisotopic (exact) mass is 468 g/mol. The summed E-state index contributed by atoms with van der Waals surface area (Å²) in [6.07, 6.45) is 5.53. The summed E-state index contributed by atoms with van der Waals surface area (Å²) in [5.74, 6) is -0.233. The van der Waals surface area contributed by atoms with Crippen molar-refractivity contribution >= 4 is 21.7 Å². The summed E-state index contributed by atoms with van der Waals surface area (Å²) in [7, 11) is -5.65. The fourth-order valence-corrected chi connectivity index (χ4v) is 2.98. The second-order valence-electron chi connectivity index (χ2n) is 6.95. The molecule has 8 nitrogen and oxygen atoms in total. The minimum absolute atomic E-state index is 0.167. The van der Waals surface area contributed by atoms with Gasteiger partial charge in [0.15, 0.2) is 0 Å². The van der Waals surface area contributed by atoms with Crippen LogP contribution in [0.1, 0.15) is 71.9 Å². The Labute approximate surface area is 181 Å². The third kappa shape index (κ3) is 8.15. The van der Waals surface area contributed by atoms with Crippen molar-refractivity contribution in [2.45, 2.75) is 84.7 Å². The molecule has 1 aliphatic rings. The Morgan fingerprint density at radius 2 is 1.68 bits per heavy atom. The molecule has 1 aromatic rings. The van der Waals surface area contributed by atoms with Gasteiger partial charge in [0, 0.05) is 24.9 Å². The van der Waals surface area contributed by atoms with E-state index in [1.165, 1.54) is 6.07 Å². The predicted octanol–water partition coefficient (Wildman–Crippen LogP) is 4.26. The van der Waals surface area contributed by atoms with Crippen LogP contribution in [0.5, 0.6) is 5.88 Å². The Bertz CT molecular complexity index is 851. The summed E-state index contributed by atoms with van der Waals surface area (Å²) in [5.41, 5.74) is -3.95. The molecule has 12 heteroatoms. The van der Waals surface area contributed by atoms with E-state index in [9.17, 15) is 26.4 Å². The first-order valence-corrected chi connectivity index (χ1v) is 11.8. The van der Waals surface area contributed by atoms with Gasteiger partial charge in [-0.3, -0.25) is 4.79 Å². The first-order valence-electron chi connectivity index (χ1n) is 10.4. The van der Waals surface area contributed by atoms with Crippen molar-refractivity contribution in [1.29, 1.82) is 0 Å². The van der Waals surface area contributed by atoms with Crippen molar-refractivity contribution in [1.82, 2.24) is 14.8 Å². The summed E-state index contributed by atoms with van der Waals surface area (Å²) < 4.78 is 63.9. The highest BCUT2D eigenvalue weighted by atomic mass is 32.2. The molecule has 1 aliphatic heterocycles. The highest BCUT2D eigenvalue weighted by molar-refractivity contribution is 7.87. The molecule has 0 unspecified atom stereocenters. The lowest BCUT2D eigenvalue weighted by Gasteiger charge is -2.10. The number of aryl methyl sites for hydroxylation is 2. The molecule has 0 N–H and O–H groups in total. The molecule has 2 heterocycles. The first-order chi connectivity index (χ1) is 14.5. The second-order valence-corrected chi connectivity index (χ2v) is 8.49. The van der Waals surface area contributed by atoms with Gasteiger partial charge in [-0.25, -0.2) is 9.69 Å². The average Bonchev–Trinajstić information content (AvgIpc) is 3.26. The average molecular weight is 469 g/mol. The van der Waals surface area contributed by atoms with Crippen LogP contribution in [0.25, 0.3) is 0 Å². The van der Waals surface area contributed by atoms with Gasteiger partial charge in [0.2, 0.25) is 11.8 Å². The van der Waals surface area contributed by atoms with Crippen molar-refractivity contribution in [3.8, 4) is 5.88 Å². The lowest BCUT2D eigenvalue weighted by Crippen LogP contribution is -2.28. The Morgan fingerprint density at radius 3 is 2.16 bits per heavy atom. The number of nitrogens with zero attached hydrogens (tertiary/aromatic N) is 4. The molecule has 2 rings (SSSR count). The van der Waals surface area contributed by atoms with E-state index in [-0.39, 0.29) is 5.91 Å². The molecule has 1 aromatic heterocycles. The third-order valence-electron chi connectivity index (χ3n) is 4.39. The SMILES string of the molecule is CCCCN1N=C(CC)CC1=O.CCCCn1nc(CC)cc1OS(=O)(=O)C(F)(F)F. The smallest absolute Gasteiger partial charge is 0.356 e. The van der Waals surface area contributed by atoms with E-state index in [2.05, 4.69) is 21.3 Å². The van der Waals surface area contributed by atoms with Gasteiger partial charge in [-0.1, -0.05) is 40.5 Å². The molecule has 0 saturated carbocycles. The Balaban J connectivity index is 0.000000343. The Kier molecular flexibility index (Phi) is 10.5. The predicted molar refractivity (Wildman–Crippen MR) is 111 cm³/mol. The van der Waals surface area contributed by atoms with Gasteiger partial charge in [0.05, 0.1) is 12.1 Å². The van der Waals surface area contributed by atoms with Crippen molar-refractivity contribution in [3.05, 3.63) is 11.8 Å². The van der Waals surface area contributed by atoms with E-state index in [4.69, 9.17) is 0 Å². The molecule has 0 aliphatic carbocycles. The van der Waals surface area contributed by atoms with Crippen LogP contribution in [0.2, 0.25) is 0 Å². The molecule has 0 saturated heterocycles. The number of hydrogen-bond acceptors (Lipinski definition) is 6.